The number of rotatable bonds is 2. The van der Waals surface area contributed by atoms with Crippen LogP contribution >= 0.6 is 0 Å². The average molecular weight is 300 g/mol. The molecule has 0 bridgehead atoms. The molecule has 0 radical (unpaired) electrons. The Morgan fingerprint density at radius 2 is 1.96 bits per heavy atom. The first-order chi connectivity index (χ1) is 11.3. The summed E-state index contributed by atoms with van der Waals surface area (Å²) in [6, 6.07) is 9.42. The fourth-order valence-electron chi connectivity index (χ4n) is 2.76. The number of aromatic nitrogens is 3. The first-order valence-corrected chi connectivity index (χ1v) is 7.13. The van der Waals surface area contributed by atoms with Crippen LogP contribution in [0.5, 0.6) is 0 Å². The van der Waals surface area contributed by atoms with Gasteiger partial charge in [-0.05, 0) is 37.3 Å². The van der Waals surface area contributed by atoms with Gasteiger partial charge in [0.2, 0.25) is 0 Å². The van der Waals surface area contributed by atoms with E-state index in [0.717, 1.165) is 39.2 Å². The molecule has 0 atom stereocenters. The van der Waals surface area contributed by atoms with E-state index in [2.05, 4.69) is 19.8 Å². The van der Waals surface area contributed by atoms with Crippen LogP contribution in [0.3, 0.4) is 0 Å². The Morgan fingerprint density at radius 3 is 2.65 bits per heavy atom. The number of nitrogens with zero attached hydrogens (tertiary/aromatic N) is 3. The summed E-state index contributed by atoms with van der Waals surface area (Å²) in [4.78, 5) is 15.4. The Balaban J connectivity index is 2.11. The van der Waals surface area contributed by atoms with E-state index in [1.807, 2.05) is 31.2 Å². The van der Waals surface area contributed by atoms with E-state index >= 15 is 0 Å². The zero-order chi connectivity index (χ0) is 15.8. The van der Waals surface area contributed by atoms with Gasteiger partial charge >= 0.3 is 0 Å². The van der Waals surface area contributed by atoms with E-state index in [-0.39, 0.29) is 0 Å². The Morgan fingerprint density at radius 1 is 1.13 bits per heavy atom. The van der Waals surface area contributed by atoms with Crippen LogP contribution < -0.4 is 0 Å². The van der Waals surface area contributed by atoms with Crippen LogP contribution in [0.1, 0.15) is 5.76 Å². The zero-order valence-electron chi connectivity index (χ0n) is 12.4. The van der Waals surface area contributed by atoms with Crippen LogP contribution in [0.25, 0.3) is 38.3 Å². The fraction of sp³-hybridized carbons (Fsp3) is 0.0556. The van der Waals surface area contributed by atoms with Crippen molar-refractivity contribution in [3.8, 4) is 22.4 Å². The number of aryl methyl sites for hydroxylation is 1. The SMILES string of the molecule is [C-]#[N+]c1ccc2[nH]c(-c3ccncc3)c(-c3ccoc3C)c2n1. The molecule has 4 rings (SSSR count). The molecule has 0 aliphatic rings. The number of hydrogen-bond acceptors (Lipinski definition) is 3. The van der Waals surface area contributed by atoms with Crippen LogP contribution in [0, 0.1) is 13.5 Å². The molecule has 4 heterocycles. The molecule has 5 heteroatoms. The molecule has 0 amide bonds. The molecule has 4 aromatic rings. The lowest BCUT2D eigenvalue weighted by Crippen LogP contribution is -1.84. The third kappa shape index (κ3) is 2.09. The molecule has 1 N–H and O–H groups in total. The molecule has 0 saturated carbocycles. The number of hydrogen-bond donors (Lipinski definition) is 1. The first-order valence-electron chi connectivity index (χ1n) is 7.13. The molecule has 0 unspecified atom stereocenters. The number of nitrogens with one attached hydrogen (secondary N) is 1. The number of H-pyrrole nitrogens is 1. The predicted octanol–water partition coefficient (Wildman–Crippen LogP) is 4.74. The van der Waals surface area contributed by atoms with Crippen molar-refractivity contribution in [1.29, 1.82) is 0 Å². The second kappa shape index (κ2) is 5.11. The van der Waals surface area contributed by atoms with Crippen molar-refractivity contribution < 1.29 is 4.42 Å². The van der Waals surface area contributed by atoms with Gasteiger partial charge in [0.25, 0.3) is 5.82 Å². The van der Waals surface area contributed by atoms with Crippen LogP contribution in [0.4, 0.5) is 5.82 Å². The monoisotopic (exact) mass is 300 g/mol. The molecule has 0 aromatic carbocycles. The van der Waals surface area contributed by atoms with Gasteiger partial charge in [-0.1, -0.05) is 6.57 Å². The highest BCUT2D eigenvalue weighted by Crippen LogP contribution is 2.39. The summed E-state index contributed by atoms with van der Waals surface area (Å²) in [6.45, 7) is 9.12. The molecule has 0 spiro atoms. The molecule has 0 fully saturated rings. The van der Waals surface area contributed by atoms with E-state index in [9.17, 15) is 0 Å². The van der Waals surface area contributed by atoms with Crippen LogP contribution in [0.15, 0.2) is 53.4 Å². The highest BCUT2D eigenvalue weighted by atomic mass is 16.3. The van der Waals surface area contributed by atoms with Crippen molar-refractivity contribution in [2.24, 2.45) is 0 Å². The zero-order valence-corrected chi connectivity index (χ0v) is 12.4. The predicted molar refractivity (Wildman–Crippen MR) is 88.0 cm³/mol. The molecule has 110 valence electrons. The Labute approximate surface area is 132 Å². The van der Waals surface area contributed by atoms with E-state index < -0.39 is 0 Å². The quantitative estimate of drug-likeness (QED) is 0.544. The van der Waals surface area contributed by atoms with E-state index in [0.29, 0.717) is 5.82 Å². The van der Waals surface area contributed by atoms with Gasteiger partial charge in [0.1, 0.15) is 5.76 Å². The number of pyridine rings is 2. The maximum Gasteiger partial charge on any atom is 0.270 e. The van der Waals surface area contributed by atoms with Gasteiger partial charge in [-0.25, -0.2) is 0 Å². The minimum absolute atomic E-state index is 0.375. The summed E-state index contributed by atoms with van der Waals surface area (Å²) >= 11 is 0. The van der Waals surface area contributed by atoms with Gasteiger partial charge in [0, 0.05) is 23.5 Å². The highest BCUT2D eigenvalue weighted by molar-refractivity contribution is 6.02. The highest BCUT2D eigenvalue weighted by Gasteiger charge is 2.21. The smallest absolute Gasteiger partial charge is 0.270 e. The van der Waals surface area contributed by atoms with Crippen LogP contribution in [-0.4, -0.2) is 15.0 Å². The number of furan rings is 1. The van der Waals surface area contributed by atoms with Crippen molar-refractivity contribution in [2.45, 2.75) is 6.92 Å². The molecular weight excluding hydrogens is 288 g/mol. The standard InChI is InChI=1S/C18H12N4O/c1-11-13(7-10-23-11)16-17(12-5-8-20-9-6-12)21-14-3-4-15(19-2)22-18(14)16/h3-10,21H,1H3. The van der Waals surface area contributed by atoms with Crippen molar-refractivity contribution >= 4 is 16.9 Å². The lowest BCUT2D eigenvalue weighted by molar-refractivity contribution is 0.535. The van der Waals surface area contributed by atoms with E-state index in [1.165, 1.54) is 0 Å². The Hall–Kier alpha value is -3.39. The summed E-state index contributed by atoms with van der Waals surface area (Å²) in [6.07, 6.45) is 5.17. The summed E-state index contributed by atoms with van der Waals surface area (Å²) in [5.41, 5.74) is 5.54. The first kappa shape index (κ1) is 13.3. The minimum Gasteiger partial charge on any atom is -0.469 e. The summed E-state index contributed by atoms with van der Waals surface area (Å²) < 4.78 is 5.47. The molecule has 4 aromatic heterocycles. The van der Waals surface area contributed by atoms with Gasteiger partial charge in [0.15, 0.2) is 5.52 Å². The number of aromatic amines is 1. The third-order valence-electron chi connectivity index (χ3n) is 3.84. The largest absolute Gasteiger partial charge is 0.469 e. The summed E-state index contributed by atoms with van der Waals surface area (Å²) in [5, 5.41) is 0. The summed E-state index contributed by atoms with van der Waals surface area (Å²) in [5.74, 6) is 1.19. The second-order valence-corrected chi connectivity index (χ2v) is 5.18. The van der Waals surface area contributed by atoms with Crippen LogP contribution in [0.2, 0.25) is 0 Å². The summed E-state index contributed by atoms with van der Waals surface area (Å²) in [7, 11) is 0. The van der Waals surface area contributed by atoms with Crippen molar-refractivity contribution in [3.63, 3.8) is 0 Å². The molecule has 0 aliphatic heterocycles. The average Bonchev–Trinajstić information content (AvgIpc) is 3.17. The Kier molecular flexibility index (Phi) is 2.95. The van der Waals surface area contributed by atoms with E-state index in [1.54, 1.807) is 24.7 Å². The van der Waals surface area contributed by atoms with Crippen molar-refractivity contribution in [2.75, 3.05) is 0 Å². The van der Waals surface area contributed by atoms with Gasteiger partial charge in [0.05, 0.1) is 23.0 Å². The van der Waals surface area contributed by atoms with Gasteiger partial charge in [-0.3, -0.25) is 4.98 Å². The molecule has 0 saturated heterocycles. The van der Waals surface area contributed by atoms with Gasteiger partial charge in [-0.15, -0.1) is 4.98 Å². The topological polar surface area (TPSA) is 59.1 Å². The third-order valence-corrected chi connectivity index (χ3v) is 3.84. The van der Waals surface area contributed by atoms with Crippen molar-refractivity contribution in [1.82, 2.24) is 15.0 Å². The van der Waals surface area contributed by atoms with Gasteiger partial charge in [-0.2, -0.15) is 0 Å². The molecular formula is C18H12N4O. The van der Waals surface area contributed by atoms with Gasteiger partial charge < -0.3 is 14.2 Å². The second-order valence-electron chi connectivity index (χ2n) is 5.18. The maximum atomic E-state index is 7.20. The lowest BCUT2D eigenvalue weighted by Gasteiger charge is -2.02. The number of fused-ring (bicyclic) bond motifs is 1. The van der Waals surface area contributed by atoms with Crippen LogP contribution in [-0.2, 0) is 0 Å². The molecule has 23 heavy (non-hydrogen) atoms. The van der Waals surface area contributed by atoms with E-state index in [4.69, 9.17) is 11.0 Å². The lowest BCUT2D eigenvalue weighted by atomic mass is 10.0. The maximum absolute atomic E-state index is 7.20. The molecule has 5 nitrogen and oxygen atoms in total. The van der Waals surface area contributed by atoms with Crippen molar-refractivity contribution in [3.05, 3.63) is 66.2 Å². The minimum atomic E-state index is 0.375. The Bertz CT molecular complexity index is 1040. The fourth-order valence-corrected chi connectivity index (χ4v) is 2.76. The molecule has 0 aliphatic carbocycles. The normalized spacial score (nSPS) is 10.8.